The fourth-order valence-corrected chi connectivity index (χ4v) is 10.5. The molecule has 0 unspecified atom stereocenters. The second-order valence-electron chi connectivity index (χ2n) is 20.0. The van der Waals surface area contributed by atoms with E-state index in [-0.39, 0.29) is 49.4 Å². The maximum Gasteiger partial charge on any atom is 0.259 e. The number of nitrogens with one attached hydrogen (secondary N) is 1. The van der Waals surface area contributed by atoms with Crippen LogP contribution < -0.4 is 24.6 Å². The molecule has 0 radical (unpaired) electrons. The Morgan fingerprint density at radius 2 is 1.55 bits per heavy atom. The largest absolute Gasteiger partial charge is 0.494 e. The lowest BCUT2D eigenvalue weighted by molar-refractivity contribution is -0.146. The van der Waals surface area contributed by atoms with Crippen LogP contribution in [0, 0.1) is 31.8 Å². The summed E-state index contributed by atoms with van der Waals surface area (Å²) in [6, 6.07) is 28.0. The topological polar surface area (TPSA) is 146 Å². The van der Waals surface area contributed by atoms with E-state index < -0.39 is 29.0 Å². The maximum atomic E-state index is 14.1. The van der Waals surface area contributed by atoms with Crippen LogP contribution in [0.4, 0.5) is 17.1 Å². The van der Waals surface area contributed by atoms with Crippen molar-refractivity contribution in [2.45, 2.75) is 118 Å². The molecule has 2 N–H and O–H groups in total. The van der Waals surface area contributed by atoms with Crippen LogP contribution in [0.3, 0.4) is 0 Å². The van der Waals surface area contributed by atoms with Gasteiger partial charge in [0.05, 0.1) is 42.0 Å². The van der Waals surface area contributed by atoms with E-state index in [4.69, 9.17) is 28.3 Å². The Kier molecular flexibility index (Phi) is 16.8. The zero-order valence-electron chi connectivity index (χ0n) is 41.7. The Labute approximate surface area is 427 Å². The highest BCUT2D eigenvalue weighted by molar-refractivity contribution is 7.81. The summed E-state index contributed by atoms with van der Waals surface area (Å²) in [5, 5.41) is 14.0. The lowest BCUT2D eigenvalue weighted by Gasteiger charge is -2.34. The van der Waals surface area contributed by atoms with Gasteiger partial charge < -0.3 is 29.7 Å². The van der Waals surface area contributed by atoms with E-state index in [1.807, 2.05) is 138 Å². The molecular weight excluding hydrogens is 933 g/mol. The van der Waals surface area contributed by atoms with Crippen molar-refractivity contribution in [3.8, 4) is 21.9 Å². The molecule has 2 aliphatic rings. The van der Waals surface area contributed by atoms with Crippen molar-refractivity contribution in [2.24, 2.45) is 11.3 Å². The van der Waals surface area contributed by atoms with E-state index in [0.29, 0.717) is 54.7 Å². The number of unbranched alkanes of at least 4 members (excludes halogenated alkanes) is 1. The van der Waals surface area contributed by atoms with Crippen molar-refractivity contribution >= 4 is 69.2 Å². The molecule has 71 heavy (non-hydrogen) atoms. The third-order valence-electron chi connectivity index (χ3n) is 13.3. The molecule has 0 aliphatic carbocycles. The van der Waals surface area contributed by atoms with Gasteiger partial charge in [0.2, 0.25) is 11.8 Å². The van der Waals surface area contributed by atoms with Crippen LogP contribution in [0.5, 0.6) is 11.5 Å². The number of nitrogens with zero attached hydrogens (tertiary/aromatic N) is 5. The first kappa shape index (κ1) is 52.4. The number of thiazole rings is 1. The number of Topliss-reactive ketones (excluding diaryl/α,β-unsaturated/α-hetero) is 1. The first-order chi connectivity index (χ1) is 33.8. The van der Waals surface area contributed by atoms with Gasteiger partial charge in [0.15, 0.2) is 10.8 Å². The van der Waals surface area contributed by atoms with E-state index in [1.54, 1.807) is 28.4 Å². The Morgan fingerprint density at radius 3 is 2.17 bits per heavy atom. The smallest absolute Gasteiger partial charge is 0.259 e. The second kappa shape index (κ2) is 22.7. The van der Waals surface area contributed by atoms with Crippen molar-refractivity contribution in [1.29, 1.82) is 0 Å². The fourth-order valence-electron chi connectivity index (χ4n) is 9.14. The van der Waals surface area contributed by atoms with E-state index >= 15 is 0 Å². The van der Waals surface area contributed by atoms with Gasteiger partial charge in [-0.3, -0.25) is 24.1 Å². The number of hydrogen-bond acceptors (Lipinski definition) is 10. The molecule has 3 heterocycles. The number of thiocarbonyl (C=S) groups is 1. The number of aliphatic hydroxyl groups excluding tert-OH is 1. The van der Waals surface area contributed by atoms with Crippen molar-refractivity contribution in [3.63, 3.8) is 0 Å². The zero-order valence-corrected chi connectivity index (χ0v) is 43.3. The number of hydrogen-bond donors (Lipinski definition) is 2. The number of carbonyl (C=O) groups is 4. The molecule has 5 aromatic rings. The summed E-state index contributed by atoms with van der Waals surface area (Å²) in [6.45, 7) is 22.0. The SMILES string of the molecule is [C-]#[N+]c1ccc(N2C(=O)C(C)(C)N(c3ccc(OCCCc4ccc(OCCCCC(=O)C[C@H](C(=O)N5C[C@H](O)C[C@H]5C(=O)NCc5ccc(-c6scnc6C)cc5)C(C)(C)C)cc4)cc3)C2=S)cc1C. The van der Waals surface area contributed by atoms with Crippen molar-refractivity contribution in [3.05, 3.63) is 130 Å². The van der Waals surface area contributed by atoms with Crippen LogP contribution in [0.25, 0.3) is 15.3 Å². The van der Waals surface area contributed by atoms with Crippen LogP contribution >= 0.6 is 23.6 Å². The predicted octanol–water partition coefficient (Wildman–Crippen LogP) is 10.4. The van der Waals surface area contributed by atoms with Crippen LogP contribution in [-0.4, -0.2) is 81.1 Å². The first-order valence-electron chi connectivity index (χ1n) is 24.2. The second-order valence-corrected chi connectivity index (χ2v) is 21.3. The van der Waals surface area contributed by atoms with Gasteiger partial charge >= 0.3 is 0 Å². The average molecular weight is 997 g/mol. The van der Waals surface area contributed by atoms with Crippen LogP contribution in [0.15, 0.2) is 96.5 Å². The highest BCUT2D eigenvalue weighted by Crippen LogP contribution is 2.39. The number of β-amino-alcohol motifs (C(OH)–C–C–N with tert-alkyl or cyclic N) is 1. The van der Waals surface area contributed by atoms with Gasteiger partial charge in [0.25, 0.3) is 5.91 Å². The number of ketones is 1. The van der Waals surface area contributed by atoms with Crippen LogP contribution in [0.1, 0.15) is 95.5 Å². The molecule has 7 rings (SSSR count). The van der Waals surface area contributed by atoms with E-state index in [0.717, 1.165) is 57.1 Å². The summed E-state index contributed by atoms with van der Waals surface area (Å²) in [4.78, 5) is 68.4. The molecule has 1 aromatic heterocycles. The fraction of sp³-hybridized carbons (Fsp3) is 0.411. The summed E-state index contributed by atoms with van der Waals surface area (Å²) in [6.07, 6.45) is 2.61. The third kappa shape index (κ3) is 12.5. The molecule has 0 spiro atoms. The van der Waals surface area contributed by atoms with Crippen molar-refractivity contribution < 1.29 is 33.8 Å². The maximum absolute atomic E-state index is 14.1. The number of likely N-dealkylation sites (tertiary alicyclic amines) is 1. The first-order valence-corrected chi connectivity index (χ1v) is 25.5. The molecule has 0 bridgehead atoms. The van der Waals surface area contributed by atoms with E-state index in [1.165, 1.54) is 4.90 Å². The third-order valence-corrected chi connectivity index (χ3v) is 14.7. The molecule has 3 atom stereocenters. The van der Waals surface area contributed by atoms with Gasteiger partial charge in [0.1, 0.15) is 28.9 Å². The number of ether oxygens (including phenoxy) is 2. The number of amides is 3. The minimum Gasteiger partial charge on any atom is -0.494 e. The van der Waals surface area contributed by atoms with Crippen molar-refractivity contribution in [1.82, 2.24) is 15.2 Å². The summed E-state index contributed by atoms with van der Waals surface area (Å²) in [7, 11) is 0. The number of aromatic nitrogens is 1. The number of aliphatic hydroxyl groups is 1. The number of aryl methyl sites for hydroxylation is 3. The van der Waals surface area contributed by atoms with E-state index in [9.17, 15) is 24.3 Å². The molecule has 372 valence electrons. The number of anilines is 2. The Bertz CT molecular complexity index is 2760. The quantitative estimate of drug-likeness (QED) is 0.0439. The summed E-state index contributed by atoms with van der Waals surface area (Å²) >= 11 is 7.42. The Balaban J connectivity index is 0.803. The monoisotopic (exact) mass is 996 g/mol. The minimum absolute atomic E-state index is 0.0149. The predicted molar refractivity (Wildman–Crippen MR) is 283 cm³/mol. The molecule has 2 fully saturated rings. The van der Waals surface area contributed by atoms with Gasteiger partial charge in [-0.25, -0.2) is 9.83 Å². The molecule has 3 amide bonds. The van der Waals surface area contributed by atoms with Gasteiger partial charge in [-0.15, -0.1) is 11.3 Å². The molecule has 0 saturated carbocycles. The van der Waals surface area contributed by atoms with Crippen LogP contribution in [-0.2, 0) is 32.1 Å². The average Bonchev–Trinajstić information content (AvgIpc) is 4.01. The molecule has 2 aliphatic heterocycles. The van der Waals surface area contributed by atoms with E-state index in [2.05, 4.69) is 15.1 Å². The Hall–Kier alpha value is -6.47. The number of rotatable bonds is 20. The highest BCUT2D eigenvalue weighted by Gasteiger charge is 2.50. The lowest BCUT2D eigenvalue weighted by Crippen LogP contribution is -2.50. The lowest BCUT2D eigenvalue weighted by atomic mass is 9.76. The van der Waals surface area contributed by atoms with Crippen molar-refractivity contribution in [2.75, 3.05) is 29.6 Å². The normalized spacial score (nSPS) is 17.0. The highest BCUT2D eigenvalue weighted by atomic mass is 32.1. The van der Waals surface area contributed by atoms with Gasteiger partial charge in [-0.1, -0.05) is 63.2 Å². The Morgan fingerprint density at radius 1 is 0.915 bits per heavy atom. The van der Waals surface area contributed by atoms with Gasteiger partial charge in [0, 0.05) is 49.6 Å². The zero-order chi connectivity index (χ0) is 51.0. The molecule has 4 aromatic carbocycles. The van der Waals surface area contributed by atoms with Crippen LogP contribution in [0.2, 0.25) is 0 Å². The molecule has 13 nitrogen and oxygen atoms in total. The standard InChI is InChI=1S/C56H64N6O7S2/c1-36-30-42(22-27-48(36)57-8)61-53(67)56(6,7)62(54(61)70)41-20-25-46(26-21-41)69-29-11-12-38-16-23-45(24-17-38)68-28-10-9-13-43(63)31-47(55(3,4)5)52(66)60-34-44(64)32-49(60)51(65)58-33-39-14-18-40(19-15-39)50-37(2)59-35-71-50/h14-27,30,35,44,47,49,64H,9-13,28-29,31-34H2,1-7H3,(H,58,65)/t44-,47-,49+/m1/s1. The number of benzene rings is 4. The van der Waals surface area contributed by atoms with Gasteiger partial charge in [-0.05, 0) is 142 Å². The molecule has 2 saturated heterocycles. The number of carbonyl (C=O) groups excluding carboxylic acids is 4. The minimum atomic E-state index is -0.914. The van der Waals surface area contributed by atoms with Gasteiger partial charge in [-0.2, -0.15) is 0 Å². The summed E-state index contributed by atoms with van der Waals surface area (Å²) in [5.41, 5.74) is 7.21. The molecular formula is C56H64N6O7S2. The summed E-state index contributed by atoms with van der Waals surface area (Å²) < 4.78 is 12.1. The molecule has 15 heteroatoms. The summed E-state index contributed by atoms with van der Waals surface area (Å²) in [5.74, 6) is 0.0603.